The summed E-state index contributed by atoms with van der Waals surface area (Å²) < 4.78 is 0. The van der Waals surface area contributed by atoms with Crippen molar-refractivity contribution in [1.82, 2.24) is 9.80 Å². The molecule has 2 aromatic carbocycles. The van der Waals surface area contributed by atoms with Gasteiger partial charge in [0.2, 0.25) is 5.91 Å². The summed E-state index contributed by atoms with van der Waals surface area (Å²) in [5, 5.41) is 0. The molecule has 2 amide bonds. The van der Waals surface area contributed by atoms with Crippen LogP contribution in [0.5, 0.6) is 0 Å². The fourth-order valence-corrected chi connectivity index (χ4v) is 4.76. The molecule has 0 aromatic heterocycles. The van der Waals surface area contributed by atoms with Crippen LogP contribution >= 0.6 is 0 Å². The van der Waals surface area contributed by atoms with Gasteiger partial charge < -0.3 is 15.5 Å². The predicted octanol–water partition coefficient (Wildman–Crippen LogP) is 2.52. The van der Waals surface area contributed by atoms with E-state index in [1.165, 1.54) is 0 Å². The maximum Gasteiger partial charge on any atom is 0.253 e. The number of hydrogen-bond donors (Lipinski definition) is 1. The Labute approximate surface area is 187 Å². The molecule has 2 N–H and O–H groups in total. The van der Waals surface area contributed by atoms with Gasteiger partial charge in [0.05, 0.1) is 5.54 Å². The average molecular weight is 430 g/mol. The van der Waals surface area contributed by atoms with Gasteiger partial charge in [-0.1, -0.05) is 36.4 Å². The molecule has 6 nitrogen and oxygen atoms in total. The molecule has 1 heterocycles. The van der Waals surface area contributed by atoms with Crippen LogP contribution in [0.4, 0.5) is 0 Å². The van der Waals surface area contributed by atoms with Gasteiger partial charge in [0.25, 0.3) is 5.91 Å². The molecular formula is C26H27N3O3. The Morgan fingerprint density at radius 2 is 1.53 bits per heavy atom. The minimum absolute atomic E-state index is 0.0206. The summed E-state index contributed by atoms with van der Waals surface area (Å²) in [6, 6.07) is 15.2. The highest BCUT2D eigenvalue weighted by Crippen LogP contribution is 2.31. The van der Waals surface area contributed by atoms with E-state index in [0.717, 1.165) is 36.0 Å². The van der Waals surface area contributed by atoms with Crippen LogP contribution < -0.4 is 5.73 Å². The van der Waals surface area contributed by atoms with Crippen molar-refractivity contribution in [2.75, 3.05) is 26.2 Å². The van der Waals surface area contributed by atoms with E-state index in [0.29, 0.717) is 43.7 Å². The molecule has 1 aliphatic heterocycles. The maximum atomic E-state index is 13.0. The highest BCUT2D eigenvalue weighted by molar-refractivity contribution is 6.27. The Morgan fingerprint density at radius 3 is 2.19 bits per heavy atom. The van der Waals surface area contributed by atoms with Crippen molar-refractivity contribution < 1.29 is 14.4 Å². The topological polar surface area (TPSA) is 83.7 Å². The number of fused-ring (bicyclic) bond motifs is 1. The lowest BCUT2D eigenvalue weighted by Gasteiger charge is -2.43. The number of benzene rings is 2. The van der Waals surface area contributed by atoms with Gasteiger partial charge in [-0.05, 0) is 54.2 Å². The summed E-state index contributed by atoms with van der Waals surface area (Å²) in [6.07, 6.45) is 4.84. The van der Waals surface area contributed by atoms with E-state index in [9.17, 15) is 14.4 Å². The third-order valence-corrected chi connectivity index (χ3v) is 6.98. The third kappa shape index (κ3) is 3.65. The van der Waals surface area contributed by atoms with Gasteiger partial charge >= 0.3 is 0 Å². The van der Waals surface area contributed by atoms with Crippen molar-refractivity contribution in [3.63, 3.8) is 0 Å². The molecule has 1 saturated carbocycles. The van der Waals surface area contributed by atoms with E-state index < -0.39 is 5.54 Å². The van der Waals surface area contributed by atoms with E-state index in [2.05, 4.69) is 0 Å². The molecule has 164 valence electrons. The quantitative estimate of drug-likeness (QED) is 0.813. The highest BCUT2D eigenvalue weighted by Gasteiger charge is 2.43. The van der Waals surface area contributed by atoms with Crippen molar-refractivity contribution in [1.29, 1.82) is 0 Å². The lowest BCUT2D eigenvalue weighted by molar-refractivity contribution is -0.141. The van der Waals surface area contributed by atoms with Crippen molar-refractivity contribution >= 4 is 29.2 Å². The highest BCUT2D eigenvalue weighted by atomic mass is 16.2. The van der Waals surface area contributed by atoms with E-state index in [1.54, 1.807) is 21.9 Å². The number of carbonyl (C=O) groups is 3. The number of hydrogen-bond acceptors (Lipinski definition) is 4. The number of carbonyl (C=O) groups excluding carboxylic acids is 3. The number of allylic oxidation sites excluding steroid dienone is 1. The Morgan fingerprint density at radius 1 is 0.875 bits per heavy atom. The first kappa shape index (κ1) is 20.6. The van der Waals surface area contributed by atoms with Gasteiger partial charge in [-0.25, -0.2) is 0 Å². The van der Waals surface area contributed by atoms with Crippen LogP contribution in [-0.2, 0) is 16.0 Å². The Kier molecular flexibility index (Phi) is 5.18. The lowest BCUT2D eigenvalue weighted by Crippen LogP contribution is -2.62. The molecule has 0 unspecified atom stereocenters. The maximum absolute atomic E-state index is 13.0. The zero-order valence-corrected chi connectivity index (χ0v) is 18.0. The molecule has 2 aromatic rings. The molecule has 32 heavy (non-hydrogen) atoms. The molecule has 1 saturated heterocycles. The average Bonchev–Trinajstić information content (AvgIpc) is 2.81. The van der Waals surface area contributed by atoms with E-state index in [1.807, 2.05) is 42.5 Å². The molecule has 3 aliphatic rings. The molecule has 0 spiro atoms. The Bertz CT molecular complexity index is 1110. The largest absolute Gasteiger partial charge is 0.338 e. The van der Waals surface area contributed by atoms with Crippen molar-refractivity contribution in [2.24, 2.45) is 5.73 Å². The van der Waals surface area contributed by atoms with Crippen LogP contribution in [0.1, 0.15) is 46.3 Å². The van der Waals surface area contributed by atoms with E-state index >= 15 is 0 Å². The van der Waals surface area contributed by atoms with E-state index in [-0.39, 0.29) is 17.6 Å². The van der Waals surface area contributed by atoms with Crippen LogP contribution in [-0.4, -0.2) is 59.1 Å². The number of rotatable bonds is 3. The molecule has 0 bridgehead atoms. The SMILES string of the molecule is NC1(C(=O)N2CCN(C(=O)c3ccc(C4=Cc5ccccc5CC4=O)cc3)CC2)CCC1. The second-order valence-corrected chi connectivity index (χ2v) is 9.03. The third-order valence-electron chi connectivity index (χ3n) is 6.98. The van der Waals surface area contributed by atoms with Gasteiger partial charge in [0, 0.05) is 43.7 Å². The van der Waals surface area contributed by atoms with Crippen LogP contribution in [0, 0.1) is 0 Å². The fourth-order valence-electron chi connectivity index (χ4n) is 4.76. The standard InChI is InChI=1S/C26H27N3O3/c27-26(10-3-11-26)25(32)29-14-12-28(13-15-29)24(31)19-8-6-18(7-9-19)22-16-20-4-1-2-5-21(20)17-23(22)30/h1-2,4-9,16H,3,10-15,17,27H2. The second kappa shape index (κ2) is 8.02. The van der Waals surface area contributed by atoms with Crippen LogP contribution in [0.25, 0.3) is 11.6 Å². The molecule has 2 aliphatic carbocycles. The number of Topliss-reactive ketones (excluding diaryl/α,β-unsaturated/α-hetero) is 1. The summed E-state index contributed by atoms with van der Waals surface area (Å²) in [7, 11) is 0. The zero-order chi connectivity index (χ0) is 22.3. The van der Waals surface area contributed by atoms with Gasteiger partial charge in [0.15, 0.2) is 5.78 Å². The smallest absolute Gasteiger partial charge is 0.253 e. The monoisotopic (exact) mass is 429 g/mol. The number of ketones is 1. The predicted molar refractivity (Wildman–Crippen MR) is 123 cm³/mol. The van der Waals surface area contributed by atoms with Gasteiger partial charge in [-0.15, -0.1) is 0 Å². The molecular weight excluding hydrogens is 402 g/mol. The van der Waals surface area contributed by atoms with Gasteiger partial charge in [0.1, 0.15) is 0 Å². The van der Waals surface area contributed by atoms with Crippen molar-refractivity contribution in [2.45, 2.75) is 31.2 Å². The van der Waals surface area contributed by atoms with Crippen molar-refractivity contribution in [3.05, 3.63) is 70.8 Å². The zero-order valence-electron chi connectivity index (χ0n) is 18.0. The van der Waals surface area contributed by atoms with Gasteiger partial charge in [-0.2, -0.15) is 0 Å². The summed E-state index contributed by atoms with van der Waals surface area (Å²) >= 11 is 0. The normalized spacial score (nSPS) is 19.7. The first-order valence-corrected chi connectivity index (χ1v) is 11.3. The van der Waals surface area contributed by atoms with Crippen LogP contribution in [0.2, 0.25) is 0 Å². The Hall–Kier alpha value is -3.25. The van der Waals surface area contributed by atoms with Crippen LogP contribution in [0.15, 0.2) is 48.5 Å². The second-order valence-electron chi connectivity index (χ2n) is 9.03. The molecule has 5 rings (SSSR count). The van der Waals surface area contributed by atoms with Crippen LogP contribution in [0.3, 0.4) is 0 Å². The fraction of sp³-hybridized carbons (Fsp3) is 0.346. The summed E-state index contributed by atoms with van der Waals surface area (Å²) in [4.78, 5) is 41.8. The number of nitrogens with zero attached hydrogens (tertiary/aromatic N) is 2. The molecule has 0 radical (unpaired) electrons. The number of piperazine rings is 1. The summed E-state index contributed by atoms with van der Waals surface area (Å²) in [6.45, 7) is 2.04. The summed E-state index contributed by atoms with van der Waals surface area (Å²) in [5.74, 6) is 0.0592. The first-order valence-electron chi connectivity index (χ1n) is 11.3. The summed E-state index contributed by atoms with van der Waals surface area (Å²) in [5.41, 5.74) is 9.69. The Balaban J connectivity index is 1.25. The minimum atomic E-state index is -0.687. The van der Waals surface area contributed by atoms with Gasteiger partial charge in [-0.3, -0.25) is 14.4 Å². The molecule has 2 fully saturated rings. The minimum Gasteiger partial charge on any atom is -0.338 e. The van der Waals surface area contributed by atoms with Crippen molar-refractivity contribution in [3.8, 4) is 0 Å². The molecule has 0 atom stereocenters. The molecule has 6 heteroatoms. The van der Waals surface area contributed by atoms with E-state index in [4.69, 9.17) is 5.73 Å². The number of nitrogens with two attached hydrogens (primary N) is 1. The number of amides is 2. The first-order chi connectivity index (χ1) is 15.4. The lowest BCUT2D eigenvalue weighted by atomic mass is 9.76.